The highest BCUT2D eigenvalue weighted by Gasteiger charge is 2.03. The van der Waals surface area contributed by atoms with Crippen molar-refractivity contribution >= 4 is 15.9 Å². The third kappa shape index (κ3) is 3.79. The van der Waals surface area contributed by atoms with Crippen molar-refractivity contribution in [2.45, 2.75) is 12.8 Å². The van der Waals surface area contributed by atoms with Crippen LogP contribution in [0.15, 0.2) is 77.4 Å². The van der Waals surface area contributed by atoms with E-state index in [2.05, 4.69) is 75.5 Å². The normalized spacial score (nSPS) is 10.5. The van der Waals surface area contributed by atoms with Crippen LogP contribution in [0.25, 0.3) is 0 Å². The molecule has 0 bridgehead atoms. The Morgan fingerprint density at radius 2 is 1.43 bits per heavy atom. The molecule has 3 rings (SSSR count). The van der Waals surface area contributed by atoms with Crippen molar-refractivity contribution in [1.29, 1.82) is 0 Å². The Bertz CT molecular complexity index is 722. The fraction of sp³-hybridized carbons (Fsp3) is 0.105. The van der Waals surface area contributed by atoms with Crippen molar-refractivity contribution in [3.8, 4) is 0 Å². The number of hydrogen-bond donors (Lipinski definition) is 0. The number of rotatable bonds is 4. The lowest BCUT2D eigenvalue weighted by molar-refractivity contribution is 1.05. The highest BCUT2D eigenvalue weighted by molar-refractivity contribution is 9.10. The third-order valence-corrected chi connectivity index (χ3v) is 4.17. The highest BCUT2D eigenvalue weighted by Crippen LogP contribution is 2.19. The van der Waals surface area contributed by atoms with Crippen molar-refractivity contribution in [3.05, 3.63) is 99.8 Å². The molecule has 3 aromatic rings. The summed E-state index contributed by atoms with van der Waals surface area (Å²) in [5, 5.41) is 0. The number of hydrogen-bond acceptors (Lipinski definition) is 1. The second kappa shape index (κ2) is 6.68. The van der Waals surface area contributed by atoms with Crippen LogP contribution < -0.4 is 0 Å². The molecule has 0 amide bonds. The summed E-state index contributed by atoms with van der Waals surface area (Å²) in [6.45, 7) is 0. The van der Waals surface area contributed by atoms with Gasteiger partial charge in [0, 0.05) is 17.1 Å². The molecule has 1 aromatic heterocycles. The molecule has 0 fully saturated rings. The van der Waals surface area contributed by atoms with E-state index >= 15 is 0 Å². The van der Waals surface area contributed by atoms with E-state index in [-0.39, 0.29) is 0 Å². The highest BCUT2D eigenvalue weighted by atomic mass is 79.9. The lowest BCUT2D eigenvalue weighted by atomic mass is 10.0. The van der Waals surface area contributed by atoms with Crippen LogP contribution in [-0.4, -0.2) is 4.98 Å². The lowest BCUT2D eigenvalue weighted by Crippen LogP contribution is -1.95. The van der Waals surface area contributed by atoms with Gasteiger partial charge in [0.2, 0.25) is 0 Å². The molecule has 0 atom stereocenters. The minimum atomic E-state index is 0.851. The van der Waals surface area contributed by atoms with Crippen LogP contribution >= 0.6 is 15.9 Å². The van der Waals surface area contributed by atoms with Gasteiger partial charge in [0.15, 0.2) is 0 Å². The number of pyridine rings is 1. The van der Waals surface area contributed by atoms with Crippen molar-refractivity contribution in [2.75, 3.05) is 0 Å². The first-order valence-electron chi connectivity index (χ1n) is 7.02. The molecule has 0 unspecified atom stereocenters. The van der Waals surface area contributed by atoms with Gasteiger partial charge in [0.1, 0.15) is 0 Å². The fourth-order valence-corrected chi connectivity index (χ4v) is 2.82. The van der Waals surface area contributed by atoms with E-state index in [4.69, 9.17) is 0 Å². The minimum Gasteiger partial charge on any atom is -0.260 e. The van der Waals surface area contributed by atoms with Gasteiger partial charge in [0.25, 0.3) is 0 Å². The van der Waals surface area contributed by atoms with Crippen molar-refractivity contribution in [3.63, 3.8) is 0 Å². The topological polar surface area (TPSA) is 12.9 Å². The minimum absolute atomic E-state index is 0.851. The molecular formula is C19H16BrN. The van der Waals surface area contributed by atoms with E-state index in [9.17, 15) is 0 Å². The molecule has 0 saturated heterocycles. The average molecular weight is 338 g/mol. The Hall–Kier alpha value is -1.93. The molecule has 0 radical (unpaired) electrons. The smallest absolute Gasteiger partial charge is 0.0589 e. The van der Waals surface area contributed by atoms with E-state index in [1.807, 2.05) is 18.3 Å². The lowest BCUT2D eigenvalue weighted by Gasteiger charge is -2.07. The zero-order valence-electron chi connectivity index (χ0n) is 11.7. The zero-order chi connectivity index (χ0) is 14.5. The summed E-state index contributed by atoms with van der Waals surface area (Å²) >= 11 is 3.56. The third-order valence-electron chi connectivity index (χ3n) is 3.45. The summed E-state index contributed by atoms with van der Waals surface area (Å²) < 4.78 is 1.07. The zero-order valence-corrected chi connectivity index (χ0v) is 13.3. The van der Waals surface area contributed by atoms with Crippen LogP contribution in [0.3, 0.4) is 0 Å². The summed E-state index contributed by atoms with van der Waals surface area (Å²) in [7, 11) is 0. The first-order valence-corrected chi connectivity index (χ1v) is 7.82. The number of benzene rings is 2. The molecule has 2 aromatic carbocycles. The first-order chi connectivity index (χ1) is 10.3. The maximum atomic E-state index is 4.44. The van der Waals surface area contributed by atoms with E-state index in [1.165, 1.54) is 16.7 Å². The SMILES string of the molecule is Brc1cccnc1Cc1cccc(Cc2ccccc2)c1. The van der Waals surface area contributed by atoms with Gasteiger partial charge in [-0.15, -0.1) is 0 Å². The summed E-state index contributed by atoms with van der Waals surface area (Å²) in [4.78, 5) is 4.44. The number of nitrogens with zero attached hydrogens (tertiary/aromatic N) is 1. The molecule has 0 aliphatic rings. The predicted molar refractivity (Wildman–Crippen MR) is 90.4 cm³/mol. The van der Waals surface area contributed by atoms with Crippen LogP contribution in [0.2, 0.25) is 0 Å². The van der Waals surface area contributed by atoms with Gasteiger partial charge in [-0.1, -0.05) is 54.6 Å². The molecule has 0 saturated carbocycles. The number of aromatic nitrogens is 1. The molecule has 0 N–H and O–H groups in total. The summed E-state index contributed by atoms with van der Waals surface area (Å²) in [5.74, 6) is 0. The molecule has 1 nitrogen and oxygen atoms in total. The van der Waals surface area contributed by atoms with Crippen LogP contribution in [0.4, 0.5) is 0 Å². The van der Waals surface area contributed by atoms with Gasteiger partial charge in [-0.2, -0.15) is 0 Å². The quantitative estimate of drug-likeness (QED) is 0.650. The molecule has 21 heavy (non-hydrogen) atoms. The molecule has 2 heteroatoms. The van der Waals surface area contributed by atoms with Crippen molar-refractivity contribution in [1.82, 2.24) is 4.98 Å². The average Bonchev–Trinajstić information content (AvgIpc) is 2.51. The van der Waals surface area contributed by atoms with Gasteiger partial charge in [-0.25, -0.2) is 0 Å². The van der Waals surface area contributed by atoms with Gasteiger partial charge >= 0.3 is 0 Å². The second-order valence-electron chi connectivity index (χ2n) is 5.09. The Morgan fingerprint density at radius 1 is 0.714 bits per heavy atom. The van der Waals surface area contributed by atoms with E-state index < -0.39 is 0 Å². The monoisotopic (exact) mass is 337 g/mol. The van der Waals surface area contributed by atoms with Gasteiger partial charge in [-0.3, -0.25) is 4.98 Å². The Labute approximate surface area is 133 Å². The van der Waals surface area contributed by atoms with Crippen LogP contribution in [0.1, 0.15) is 22.4 Å². The molecule has 104 valence electrons. The molecule has 0 aliphatic carbocycles. The first kappa shape index (κ1) is 14.0. The van der Waals surface area contributed by atoms with Gasteiger partial charge in [0.05, 0.1) is 5.69 Å². The van der Waals surface area contributed by atoms with E-state index in [0.29, 0.717) is 0 Å². The maximum Gasteiger partial charge on any atom is 0.0589 e. The Balaban J connectivity index is 1.79. The van der Waals surface area contributed by atoms with Crippen LogP contribution in [0.5, 0.6) is 0 Å². The summed E-state index contributed by atoms with van der Waals surface area (Å²) in [5.41, 5.74) is 5.05. The Kier molecular flexibility index (Phi) is 4.46. The van der Waals surface area contributed by atoms with Crippen molar-refractivity contribution < 1.29 is 0 Å². The largest absolute Gasteiger partial charge is 0.260 e. The molecular weight excluding hydrogens is 322 g/mol. The van der Waals surface area contributed by atoms with E-state index in [1.54, 1.807) is 0 Å². The second-order valence-corrected chi connectivity index (χ2v) is 5.95. The molecule has 1 heterocycles. The maximum absolute atomic E-state index is 4.44. The number of halogens is 1. The summed E-state index contributed by atoms with van der Waals surface area (Å²) in [6.07, 6.45) is 3.66. The van der Waals surface area contributed by atoms with Gasteiger partial charge in [-0.05, 0) is 51.2 Å². The predicted octanol–water partition coefficient (Wildman–Crippen LogP) is 5.03. The van der Waals surface area contributed by atoms with Crippen LogP contribution in [0, 0.1) is 0 Å². The van der Waals surface area contributed by atoms with Crippen LogP contribution in [-0.2, 0) is 12.8 Å². The Morgan fingerprint density at radius 3 is 2.19 bits per heavy atom. The van der Waals surface area contributed by atoms with Gasteiger partial charge < -0.3 is 0 Å². The standard InChI is InChI=1S/C19H16BrN/c20-18-10-5-11-21-19(18)14-17-9-4-8-16(13-17)12-15-6-2-1-3-7-15/h1-11,13H,12,14H2. The van der Waals surface area contributed by atoms with Crippen molar-refractivity contribution in [2.24, 2.45) is 0 Å². The fourth-order valence-electron chi connectivity index (χ4n) is 2.42. The van der Waals surface area contributed by atoms with E-state index in [0.717, 1.165) is 23.0 Å². The molecule has 0 spiro atoms. The molecule has 0 aliphatic heterocycles. The summed E-state index contributed by atoms with van der Waals surface area (Å²) in [6, 6.07) is 23.3.